The fourth-order valence-electron chi connectivity index (χ4n) is 1.87. The fourth-order valence-corrected chi connectivity index (χ4v) is 3.24. The van der Waals surface area contributed by atoms with E-state index in [1.54, 1.807) is 31.3 Å². The molecule has 0 aromatic carbocycles. The van der Waals surface area contributed by atoms with Gasteiger partial charge in [0, 0.05) is 25.5 Å². The molecular weight excluding hydrogens is 288 g/mol. The first-order valence-electron chi connectivity index (χ1n) is 6.63. The van der Waals surface area contributed by atoms with Gasteiger partial charge in [0.25, 0.3) is 0 Å². The second-order valence-electron chi connectivity index (χ2n) is 4.44. The molecule has 2 rings (SSSR count). The van der Waals surface area contributed by atoms with Crippen LogP contribution in [-0.4, -0.2) is 29.2 Å². The van der Waals surface area contributed by atoms with Gasteiger partial charge in [-0.15, -0.1) is 0 Å². The van der Waals surface area contributed by atoms with Gasteiger partial charge in [-0.1, -0.05) is 13.0 Å². The molecule has 0 aliphatic rings. The first kappa shape index (κ1) is 15.6. The minimum Gasteiger partial charge on any atom is -0.325 e. The van der Waals surface area contributed by atoms with Crippen LogP contribution in [0.15, 0.2) is 47.6 Å². The lowest BCUT2D eigenvalue weighted by molar-refractivity contribution is 0.419. The number of hydrogen-bond acceptors (Lipinski definition) is 5. The smallest absolute Gasteiger partial charge is 0.244 e. The Morgan fingerprint density at radius 2 is 1.95 bits per heavy atom. The minimum absolute atomic E-state index is 0.164. The number of rotatable bonds is 6. The summed E-state index contributed by atoms with van der Waals surface area (Å²) in [5, 5.41) is 0. The molecular formula is C14H18N4O2S. The van der Waals surface area contributed by atoms with Crippen molar-refractivity contribution >= 4 is 10.0 Å². The van der Waals surface area contributed by atoms with Crippen molar-refractivity contribution in [2.75, 3.05) is 6.54 Å². The minimum atomic E-state index is -3.58. The maximum absolute atomic E-state index is 12.6. The van der Waals surface area contributed by atoms with Crippen molar-refractivity contribution < 1.29 is 8.42 Å². The quantitative estimate of drug-likeness (QED) is 0.864. The van der Waals surface area contributed by atoms with Crippen LogP contribution in [0, 0.1) is 0 Å². The van der Waals surface area contributed by atoms with Crippen LogP contribution in [0.1, 0.15) is 18.3 Å². The number of sulfonamides is 1. The fraction of sp³-hybridized carbons (Fsp3) is 0.286. The molecule has 2 N–H and O–H groups in total. The molecule has 0 saturated carbocycles. The summed E-state index contributed by atoms with van der Waals surface area (Å²) in [6.07, 6.45) is 2.99. The van der Waals surface area contributed by atoms with Crippen LogP contribution in [0.5, 0.6) is 0 Å². The lowest BCUT2D eigenvalue weighted by Gasteiger charge is -2.20. The number of hydrogen-bond donors (Lipinski definition) is 1. The van der Waals surface area contributed by atoms with Gasteiger partial charge in [0.2, 0.25) is 10.0 Å². The van der Waals surface area contributed by atoms with E-state index in [0.717, 1.165) is 0 Å². The van der Waals surface area contributed by atoms with Crippen LogP contribution in [0.25, 0.3) is 0 Å². The van der Waals surface area contributed by atoms with Crippen molar-refractivity contribution in [1.82, 2.24) is 14.3 Å². The molecule has 0 unspecified atom stereocenters. The van der Waals surface area contributed by atoms with E-state index in [2.05, 4.69) is 9.97 Å². The summed E-state index contributed by atoms with van der Waals surface area (Å²) in [5.41, 5.74) is 6.82. The van der Waals surface area contributed by atoms with E-state index >= 15 is 0 Å². The zero-order chi connectivity index (χ0) is 15.3. The van der Waals surface area contributed by atoms with Crippen LogP contribution < -0.4 is 5.73 Å². The summed E-state index contributed by atoms with van der Waals surface area (Å²) in [7, 11) is -3.58. The molecule has 0 bridgehead atoms. The van der Waals surface area contributed by atoms with Gasteiger partial charge in [0.05, 0.1) is 17.9 Å². The molecule has 2 aromatic heterocycles. The molecule has 0 aliphatic heterocycles. The third-order valence-electron chi connectivity index (χ3n) is 3.06. The standard InChI is InChI=1S/C14H18N4O2S/c1-2-18(11-13-5-3-4-8-16-13)21(19,20)14-7-6-12(9-15)17-10-14/h3-8,10H,2,9,11,15H2,1H3. The highest BCUT2D eigenvalue weighted by Crippen LogP contribution is 2.17. The van der Waals surface area contributed by atoms with Crippen LogP contribution in [0.2, 0.25) is 0 Å². The Kier molecular flexibility index (Phi) is 5.00. The SMILES string of the molecule is CCN(Cc1ccccn1)S(=O)(=O)c1ccc(CN)nc1. The third-order valence-corrected chi connectivity index (χ3v) is 4.97. The van der Waals surface area contributed by atoms with Gasteiger partial charge in [-0.25, -0.2) is 8.42 Å². The molecule has 2 aromatic rings. The molecule has 112 valence electrons. The molecule has 21 heavy (non-hydrogen) atoms. The number of nitrogens with two attached hydrogens (primary N) is 1. The van der Waals surface area contributed by atoms with Gasteiger partial charge < -0.3 is 5.73 Å². The Morgan fingerprint density at radius 1 is 1.14 bits per heavy atom. The average Bonchev–Trinajstić information content (AvgIpc) is 2.53. The van der Waals surface area contributed by atoms with Crippen molar-refractivity contribution in [1.29, 1.82) is 0 Å². The summed E-state index contributed by atoms with van der Waals surface area (Å²) in [6.45, 7) is 2.67. The summed E-state index contributed by atoms with van der Waals surface area (Å²) in [6, 6.07) is 8.59. The van der Waals surface area contributed by atoms with Crippen LogP contribution >= 0.6 is 0 Å². The highest BCUT2D eigenvalue weighted by molar-refractivity contribution is 7.89. The Bertz CT molecular complexity index is 672. The number of aromatic nitrogens is 2. The topological polar surface area (TPSA) is 89.2 Å². The average molecular weight is 306 g/mol. The van der Waals surface area contributed by atoms with E-state index in [1.165, 1.54) is 16.6 Å². The zero-order valence-electron chi connectivity index (χ0n) is 11.8. The molecule has 0 spiro atoms. The van der Waals surface area contributed by atoms with Gasteiger partial charge in [-0.05, 0) is 24.3 Å². The van der Waals surface area contributed by atoms with Gasteiger partial charge in [0.1, 0.15) is 4.90 Å². The molecule has 0 saturated heterocycles. The van der Waals surface area contributed by atoms with Crippen molar-refractivity contribution in [3.63, 3.8) is 0 Å². The first-order chi connectivity index (χ1) is 10.1. The Morgan fingerprint density at radius 3 is 2.48 bits per heavy atom. The monoisotopic (exact) mass is 306 g/mol. The lowest BCUT2D eigenvalue weighted by atomic mass is 10.3. The molecule has 7 heteroatoms. The lowest BCUT2D eigenvalue weighted by Crippen LogP contribution is -2.30. The van der Waals surface area contributed by atoms with Gasteiger partial charge >= 0.3 is 0 Å². The van der Waals surface area contributed by atoms with Gasteiger partial charge in [0.15, 0.2) is 0 Å². The maximum Gasteiger partial charge on any atom is 0.244 e. The molecule has 0 fully saturated rings. The molecule has 0 aliphatic carbocycles. The van der Waals surface area contributed by atoms with E-state index in [0.29, 0.717) is 17.9 Å². The van der Waals surface area contributed by atoms with Gasteiger partial charge in [-0.2, -0.15) is 4.31 Å². The maximum atomic E-state index is 12.6. The second kappa shape index (κ2) is 6.75. The summed E-state index contributed by atoms with van der Waals surface area (Å²) in [5.74, 6) is 0. The van der Waals surface area contributed by atoms with Crippen molar-refractivity contribution in [3.8, 4) is 0 Å². The molecule has 0 amide bonds. The van der Waals surface area contributed by atoms with E-state index in [1.807, 2.05) is 6.07 Å². The van der Waals surface area contributed by atoms with E-state index < -0.39 is 10.0 Å². The largest absolute Gasteiger partial charge is 0.325 e. The van der Waals surface area contributed by atoms with E-state index in [4.69, 9.17) is 5.73 Å². The van der Waals surface area contributed by atoms with Crippen molar-refractivity contribution in [3.05, 3.63) is 54.1 Å². The van der Waals surface area contributed by atoms with E-state index in [-0.39, 0.29) is 18.0 Å². The van der Waals surface area contributed by atoms with Crippen LogP contribution in [0.4, 0.5) is 0 Å². The molecule has 2 heterocycles. The van der Waals surface area contributed by atoms with Crippen LogP contribution in [-0.2, 0) is 23.1 Å². The second-order valence-corrected chi connectivity index (χ2v) is 6.38. The molecule has 0 radical (unpaired) electrons. The van der Waals surface area contributed by atoms with Gasteiger partial charge in [-0.3, -0.25) is 9.97 Å². The van der Waals surface area contributed by atoms with Crippen LogP contribution in [0.3, 0.4) is 0 Å². The Balaban J connectivity index is 2.26. The van der Waals surface area contributed by atoms with E-state index in [9.17, 15) is 8.42 Å². The molecule has 6 nitrogen and oxygen atoms in total. The Labute approximate surface area is 124 Å². The summed E-state index contributed by atoms with van der Waals surface area (Å²) < 4.78 is 26.6. The molecule has 0 atom stereocenters. The zero-order valence-corrected chi connectivity index (χ0v) is 12.6. The number of pyridine rings is 2. The third kappa shape index (κ3) is 3.63. The number of nitrogens with zero attached hydrogens (tertiary/aromatic N) is 3. The predicted octanol–water partition coefficient (Wildman–Crippen LogP) is 1.15. The first-order valence-corrected chi connectivity index (χ1v) is 8.07. The van der Waals surface area contributed by atoms with Crippen molar-refractivity contribution in [2.24, 2.45) is 5.73 Å². The normalized spacial score (nSPS) is 11.8. The summed E-state index contributed by atoms with van der Waals surface area (Å²) >= 11 is 0. The van der Waals surface area contributed by atoms with Crippen molar-refractivity contribution in [2.45, 2.75) is 24.9 Å². The highest BCUT2D eigenvalue weighted by Gasteiger charge is 2.23. The summed E-state index contributed by atoms with van der Waals surface area (Å²) in [4.78, 5) is 8.37. The Hall–Kier alpha value is -1.83. The predicted molar refractivity (Wildman–Crippen MR) is 79.6 cm³/mol. The highest BCUT2D eigenvalue weighted by atomic mass is 32.2.